The van der Waals surface area contributed by atoms with Crippen LogP contribution in [0.4, 0.5) is 0 Å². The molecule has 13 rings (SSSR count). The van der Waals surface area contributed by atoms with E-state index in [9.17, 15) is 0 Å². The van der Waals surface area contributed by atoms with Gasteiger partial charge in [0.1, 0.15) is 11.2 Å². The number of fused-ring (bicyclic) bond motifs is 6. The Morgan fingerprint density at radius 3 is 1.35 bits per heavy atom. The van der Waals surface area contributed by atoms with Crippen LogP contribution in [0, 0.1) is 0 Å². The average molecular weight is 880 g/mol. The quantitative estimate of drug-likeness (QED) is 0.143. The van der Waals surface area contributed by atoms with Crippen molar-refractivity contribution in [3.8, 4) is 89.7 Å². The smallest absolute Gasteiger partial charge is 0.160 e. The van der Waals surface area contributed by atoms with Crippen molar-refractivity contribution in [2.24, 2.45) is 0 Å². The van der Waals surface area contributed by atoms with E-state index in [1.54, 1.807) is 0 Å². The summed E-state index contributed by atoms with van der Waals surface area (Å²) >= 11 is 0. The highest BCUT2D eigenvalue weighted by molar-refractivity contribution is 6.27. The number of nitrogens with zero attached hydrogens (tertiary/aromatic N) is 3. The molecule has 0 N–H and O–H groups in total. The average Bonchev–Trinajstić information content (AvgIpc) is 3.81. The van der Waals surface area contributed by atoms with Gasteiger partial charge in [-0.15, -0.1) is 0 Å². The van der Waals surface area contributed by atoms with Crippen LogP contribution < -0.4 is 0 Å². The summed E-state index contributed by atoms with van der Waals surface area (Å²) in [5, 5.41) is 5.50. The monoisotopic (exact) mass is 879 g/mol. The van der Waals surface area contributed by atoms with Crippen molar-refractivity contribution in [1.29, 1.82) is 0 Å². The zero-order valence-electron chi connectivity index (χ0n) is 37.4. The van der Waals surface area contributed by atoms with Gasteiger partial charge in [-0.1, -0.05) is 218 Å². The van der Waals surface area contributed by atoms with Gasteiger partial charge in [0.2, 0.25) is 0 Å². The molecule has 322 valence electrons. The van der Waals surface area contributed by atoms with Crippen LogP contribution in [0.2, 0.25) is 0 Å². The standard InChI is InChI=1S/C65H41N3O/c1-4-15-42(16-5-1)44-27-33-47(34-28-44)57-41-58(68-65(67-57)50-37-31-45(32-38-50)43-17-6-2-7-18-43)48-35-29-46(30-36-48)51-21-14-22-52(39-51)61-62-53-23-10-12-25-56(53)66-64(49-19-8-3-9-20-49)55(62)40-60-63(61)54-24-11-13-26-59(54)69-60/h1-41H. The second-order valence-corrected chi connectivity index (χ2v) is 17.5. The largest absolute Gasteiger partial charge is 0.456 e. The number of aromatic nitrogens is 3. The Balaban J connectivity index is 0.928. The van der Waals surface area contributed by atoms with E-state index < -0.39 is 0 Å². The Bertz CT molecular complexity index is 3910. The van der Waals surface area contributed by atoms with E-state index in [0.717, 1.165) is 116 Å². The van der Waals surface area contributed by atoms with Crippen molar-refractivity contribution in [2.45, 2.75) is 0 Å². The fourth-order valence-corrected chi connectivity index (χ4v) is 9.89. The lowest BCUT2D eigenvalue weighted by Gasteiger charge is -2.16. The third-order valence-electron chi connectivity index (χ3n) is 13.3. The summed E-state index contributed by atoms with van der Waals surface area (Å²) in [5.41, 5.74) is 18.5. The minimum absolute atomic E-state index is 0.678. The Morgan fingerprint density at radius 2 is 0.725 bits per heavy atom. The van der Waals surface area contributed by atoms with Gasteiger partial charge in [0, 0.05) is 54.7 Å². The van der Waals surface area contributed by atoms with E-state index in [1.165, 1.54) is 11.1 Å². The van der Waals surface area contributed by atoms with Gasteiger partial charge in [-0.05, 0) is 69.3 Å². The SMILES string of the molecule is c1ccc(-c2ccc(-c3cc(-c4ccc(-c5cccc(-c6c7c(cc8c(-c9ccccc9)nc9ccccc9c68)oc6ccccc67)c5)cc4)nc(-c4ccc(-c5ccccc5)cc4)n3)cc2)cc1. The molecule has 0 spiro atoms. The highest BCUT2D eigenvalue weighted by Gasteiger charge is 2.22. The summed E-state index contributed by atoms with van der Waals surface area (Å²) in [6, 6.07) is 87.4. The lowest BCUT2D eigenvalue weighted by molar-refractivity contribution is 0.669. The number of hydrogen-bond acceptors (Lipinski definition) is 4. The number of rotatable bonds is 8. The number of hydrogen-bond donors (Lipinski definition) is 0. The first kappa shape index (κ1) is 40.1. The minimum Gasteiger partial charge on any atom is -0.456 e. The van der Waals surface area contributed by atoms with Crippen LogP contribution in [0.25, 0.3) is 133 Å². The molecule has 0 saturated heterocycles. The van der Waals surface area contributed by atoms with Gasteiger partial charge in [-0.25, -0.2) is 15.0 Å². The van der Waals surface area contributed by atoms with Crippen molar-refractivity contribution < 1.29 is 4.42 Å². The molecule has 13 aromatic rings. The predicted molar refractivity (Wildman–Crippen MR) is 286 cm³/mol. The van der Waals surface area contributed by atoms with Gasteiger partial charge in [-0.3, -0.25) is 0 Å². The summed E-state index contributed by atoms with van der Waals surface area (Å²) in [6.07, 6.45) is 0. The van der Waals surface area contributed by atoms with Crippen LogP contribution in [0.1, 0.15) is 0 Å². The van der Waals surface area contributed by atoms with Gasteiger partial charge >= 0.3 is 0 Å². The normalized spacial score (nSPS) is 11.5. The molecule has 0 saturated carbocycles. The maximum atomic E-state index is 6.68. The van der Waals surface area contributed by atoms with E-state index >= 15 is 0 Å². The molecule has 0 fully saturated rings. The Hall–Kier alpha value is -9.25. The molecule has 10 aromatic carbocycles. The number of benzene rings is 10. The summed E-state index contributed by atoms with van der Waals surface area (Å²) in [6.45, 7) is 0. The molecule has 0 aliphatic heterocycles. The molecular weight excluding hydrogens is 839 g/mol. The van der Waals surface area contributed by atoms with Gasteiger partial charge in [-0.2, -0.15) is 0 Å². The summed E-state index contributed by atoms with van der Waals surface area (Å²) in [7, 11) is 0. The van der Waals surface area contributed by atoms with Gasteiger partial charge < -0.3 is 4.42 Å². The van der Waals surface area contributed by atoms with Crippen molar-refractivity contribution >= 4 is 43.6 Å². The van der Waals surface area contributed by atoms with Crippen LogP contribution in [-0.2, 0) is 0 Å². The molecule has 3 heterocycles. The second-order valence-electron chi connectivity index (χ2n) is 17.5. The molecule has 0 aliphatic rings. The van der Waals surface area contributed by atoms with Crippen LogP contribution in [-0.4, -0.2) is 15.0 Å². The first-order chi connectivity index (χ1) is 34.2. The highest BCUT2D eigenvalue weighted by atomic mass is 16.3. The Kier molecular flexibility index (Phi) is 9.80. The first-order valence-electron chi connectivity index (χ1n) is 23.3. The van der Waals surface area contributed by atoms with Crippen LogP contribution in [0.5, 0.6) is 0 Å². The Labute approximate surface area is 399 Å². The van der Waals surface area contributed by atoms with Crippen molar-refractivity contribution in [3.05, 3.63) is 249 Å². The van der Waals surface area contributed by atoms with Gasteiger partial charge in [0.25, 0.3) is 0 Å². The van der Waals surface area contributed by atoms with E-state index in [0.29, 0.717) is 5.82 Å². The molecule has 3 aromatic heterocycles. The van der Waals surface area contributed by atoms with Crippen LogP contribution >= 0.6 is 0 Å². The van der Waals surface area contributed by atoms with E-state index in [1.807, 2.05) is 24.3 Å². The molecule has 0 unspecified atom stereocenters. The molecule has 69 heavy (non-hydrogen) atoms. The molecule has 0 atom stereocenters. The lowest BCUT2D eigenvalue weighted by Crippen LogP contribution is -1.96. The van der Waals surface area contributed by atoms with Crippen LogP contribution in [0.15, 0.2) is 253 Å². The molecule has 0 amide bonds. The second kappa shape index (κ2) is 16.9. The third-order valence-corrected chi connectivity index (χ3v) is 13.3. The van der Waals surface area contributed by atoms with Crippen molar-refractivity contribution in [2.75, 3.05) is 0 Å². The number of furan rings is 1. The van der Waals surface area contributed by atoms with Crippen molar-refractivity contribution in [3.63, 3.8) is 0 Å². The number of para-hydroxylation sites is 2. The maximum absolute atomic E-state index is 6.68. The maximum Gasteiger partial charge on any atom is 0.160 e. The summed E-state index contributed by atoms with van der Waals surface area (Å²) in [5.74, 6) is 0.678. The van der Waals surface area contributed by atoms with E-state index in [-0.39, 0.29) is 0 Å². The molecular formula is C65H41N3O. The fourth-order valence-electron chi connectivity index (χ4n) is 9.89. The van der Waals surface area contributed by atoms with E-state index in [4.69, 9.17) is 19.4 Å². The summed E-state index contributed by atoms with van der Waals surface area (Å²) in [4.78, 5) is 15.7. The van der Waals surface area contributed by atoms with Gasteiger partial charge in [0.05, 0.1) is 22.6 Å². The molecule has 4 nitrogen and oxygen atoms in total. The lowest BCUT2D eigenvalue weighted by atomic mass is 9.88. The number of pyridine rings is 1. The van der Waals surface area contributed by atoms with Crippen LogP contribution in [0.3, 0.4) is 0 Å². The predicted octanol–water partition coefficient (Wildman–Crippen LogP) is 17.4. The highest BCUT2D eigenvalue weighted by Crippen LogP contribution is 2.47. The van der Waals surface area contributed by atoms with Crippen molar-refractivity contribution in [1.82, 2.24) is 15.0 Å². The first-order valence-corrected chi connectivity index (χ1v) is 23.3. The zero-order chi connectivity index (χ0) is 45.7. The fraction of sp³-hybridized carbons (Fsp3) is 0. The van der Waals surface area contributed by atoms with E-state index in [2.05, 4.69) is 224 Å². The topological polar surface area (TPSA) is 51.8 Å². The zero-order valence-corrected chi connectivity index (χ0v) is 37.4. The van der Waals surface area contributed by atoms with Gasteiger partial charge in [0.15, 0.2) is 5.82 Å². The molecule has 0 bridgehead atoms. The molecule has 4 heteroatoms. The Morgan fingerprint density at radius 1 is 0.261 bits per heavy atom. The minimum atomic E-state index is 0.678. The summed E-state index contributed by atoms with van der Waals surface area (Å²) < 4.78 is 6.68. The third kappa shape index (κ3) is 7.32. The molecule has 0 radical (unpaired) electrons. The molecule has 0 aliphatic carbocycles.